The molecule has 0 saturated carbocycles. The Hall–Kier alpha value is -1.26. The summed E-state index contributed by atoms with van der Waals surface area (Å²) in [5.41, 5.74) is 8.42. The van der Waals surface area contributed by atoms with Crippen LogP contribution < -0.4 is 15.4 Å². The second-order valence-electron chi connectivity index (χ2n) is 5.10. The fourth-order valence-corrected chi connectivity index (χ4v) is 2.78. The molecule has 106 valence electrons. The first-order valence-electron chi connectivity index (χ1n) is 6.87. The normalized spacial score (nSPS) is 18.4. The summed E-state index contributed by atoms with van der Waals surface area (Å²) in [5, 5.41) is 0. The van der Waals surface area contributed by atoms with Crippen LogP contribution in [0, 0.1) is 0 Å². The van der Waals surface area contributed by atoms with Gasteiger partial charge in [0.25, 0.3) is 0 Å². The van der Waals surface area contributed by atoms with Crippen LogP contribution in [0.25, 0.3) is 0 Å². The van der Waals surface area contributed by atoms with Gasteiger partial charge in [0.2, 0.25) is 0 Å². The van der Waals surface area contributed by atoms with Crippen molar-refractivity contribution in [3.63, 3.8) is 0 Å². The third kappa shape index (κ3) is 3.01. The van der Waals surface area contributed by atoms with Crippen LogP contribution in [-0.4, -0.2) is 33.4 Å². The highest BCUT2D eigenvalue weighted by atomic mass is 16.5. The van der Waals surface area contributed by atoms with Gasteiger partial charge in [-0.2, -0.15) is 0 Å². The first-order chi connectivity index (χ1) is 9.17. The molecular formula is C15H24N2O2. The van der Waals surface area contributed by atoms with E-state index >= 15 is 0 Å². The molecule has 0 unspecified atom stereocenters. The van der Waals surface area contributed by atoms with E-state index in [1.165, 1.54) is 5.69 Å². The van der Waals surface area contributed by atoms with E-state index < -0.39 is 0 Å². The Balaban J connectivity index is 2.25. The summed E-state index contributed by atoms with van der Waals surface area (Å²) in [6, 6.07) is 6.10. The average molecular weight is 264 g/mol. The predicted molar refractivity (Wildman–Crippen MR) is 77.8 cm³/mol. The van der Waals surface area contributed by atoms with Crippen LogP contribution in [0.15, 0.2) is 18.2 Å². The van der Waals surface area contributed by atoms with Gasteiger partial charge in [0, 0.05) is 37.5 Å². The third-order valence-electron chi connectivity index (χ3n) is 3.83. The molecule has 1 heterocycles. The number of piperidine rings is 1. The summed E-state index contributed by atoms with van der Waals surface area (Å²) in [5.74, 6) is 0.876. The van der Waals surface area contributed by atoms with Crippen LogP contribution in [0.2, 0.25) is 0 Å². The molecule has 1 aliphatic rings. The van der Waals surface area contributed by atoms with Crippen molar-refractivity contribution in [1.29, 1.82) is 0 Å². The van der Waals surface area contributed by atoms with Gasteiger partial charge in [-0.25, -0.2) is 0 Å². The van der Waals surface area contributed by atoms with E-state index in [9.17, 15) is 0 Å². The molecule has 4 nitrogen and oxygen atoms in total. The van der Waals surface area contributed by atoms with Gasteiger partial charge in [0.15, 0.2) is 0 Å². The van der Waals surface area contributed by atoms with Gasteiger partial charge in [-0.1, -0.05) is 6.07 Å². The monoisotopic (exact) mass is 264 g/mol. The first kappa shape index (κ1) is 14.2. The highest BCUT2D eigenvalue weighted by molar-refractivity contribution is 5.61. The minimum atomic E-state index is -0.0358. The van der Waals surface area contributed by atoms with Crippen LogP contribution in [0.4, 0.5) is 5.69 Å². The van der Waals surface area contributed by atoms with Crippen molar-refractivity contribution >= 4 is 5.69 Å². The molecule has 1 aliphatic heterocycles. The van der Waals surface area contributed by atoms with Gasteiger partial charge in [-0.05, 0) is 31.9 Å². The quantitative estimate of drug-likeness (QED) is 0.906. The molecule has 1 saturated heterocycles. The molecule has 0 amide bonds. The van der Waals surface area contributed by atoms with Crippen LogP contribution >= 0.6 is 0 Å². The summed E-state index contributed by atoms with van der Waals surface area (Å²) in [7, 11) is 3.49. The smallest absolute Gasteiger partial charge is 0.125 e. The van der Waals surface area contributed by atoms with Crippen molar-refractivity contribution in [2.45, 2.75) is 31.9 Å². The lowest BCUT2D eigenvalue weighted by molar-refractivity contribution is 0.0819. The van der Waals surface area contributed by atoms with Crippen LogP contribution in [0.5, 0.6) is 5.75 Å². The Bertz CT molecular complexity index is 413. The lowest BCUT2D eigenvalue weighted by atomic mass is 10.0. The van der Waals surface area contributed by atoms with Gasteiger partial charge in [0.1, 0.15) is 5.75 Å². The molecule has 1 atom stereocenters. The van der Waals surface area contributed by atoms with Crippen molar-refractivity contribution in [3.05, 3.63) is 23.8 Å². The molecule has 1 fully saturated rings. The summed E-state index contributed by atoms with van der Waals surface area (Å²) >= 11 is 0. The van der Waals surface area contributed by atoms with E-state index in [2.05, 4.69) is 11.0 Å². The number of rotatable bonds is 4. The summed E-state index contributed by atoms with van der Waals surface area (Å²) in [6.07, 6.45) is 2.51. The molecule has 4 heteroatoms. The van der Waals surface area contributed by atoms with Crippen molar-refractivity contribution in [1.82, 2.24) is 0 Å². The van der Waals surface area contributed by atoms with Crippen molar-refractivity contribution in [3.8, 4) is 5.75 Å². The van der Waals surface area contributed by atoms with E-state index in [0.717, 1.165) is 37.2 Å². The predicted octanol–water partition coefficient (Wildman–Crippen LogP) is 2.33. The number of benzene rings is 1. The highest BCUT2D eigenvalue weighted by Crippen LogP contribution is 2.35. The topological polar surface area (TPSA) is 47.7 Å². The Morgan fingerprint density at radius 3 is 2.47 bits per heavy atom. The van der Waals surface area contributed by atoms with Gasteiger partial charge in [-0.15, -0.1) is 0 Å². The molecule has 0 aromatic heterocycles. The van der Waals surface area contributed by atoms with Crippen LogP contribution in [0.3, 0.4) is 0 Å². The lowest BCUT2D eigenvalue weighted by Crippen LogP contribution is -2.37. The zero-order valence-corrected chi connectivity index (χ0v) is 12.1. The molecule has 2 N–H and O–H groups in total. The van der Waals surface area contributed by atoms with Crippen LogP contribution in [0.1, 0.15) is 31.4 Å². The number of hydrogen-bond donors (Lipinski definition) is 1. The Labute approximate surface area is 115 Å². The fourth-order valence-electron chi connectivity index (χ4n) is 2.78. The van der Waals surface area contributed by atoms with Gasteiger partial charge in [-0.3, -0.25) is 0 Å². The molecule has 2 rings (SSSR count). The molecule has 1 aromatic rings. The number of nitrogens with zero attached hydrogens (tertiary/aromatic N) is 1. The Kier molecular flexibility index (Phi) is 4.66. The summed E-state index contributed by atoms with van der Waals surface area (Å²) in [6.45, 7) is 4.01. The maximum Gasteiger partial charge on any atom is 0.125 e. The summed E-state index contributed by atoms with van der Waals surface area (Å²) in [4.78, 5) is 2.39. The Morgan fingerprint density at radius 1 is 1.26 bits per heavy atom. The van der Waals surface area contributed by atoms with Crippen molar-refractivity contribution < 1.29 is 9.47 Å². The third-order valence-corrected chi connectivity index (χ3v) is 3.83. The zero-order valence-electron chi connectivity index (χ0n) is 12.1. The molecule has 1 aromatic carbocycles. The number of ether oxygens (including phenoxy) is 2. The van der Waals surface area contributed by atoms with E-state index in [1.54, 1.807) is 14.2 Å². The maximum atomic E-state index is 6.12. The standard InChI is InChI=1S/C15H24N2O2/c1-11(16)15-13(5-4-6-14(15)19-3)17-9-7-12(18-2)8-10-17/h4-6,11-12H,7-10,16H2,1-3H3/t11-/m0/s1. The van der Waals surface area contributed by atoms with Gasteiger partial charge >= 0.3 is 0 Å². The Morgan fingerprint density at radius 2 is 1.95 bits per heavy atom. The number of anilines is 1. The maximum absolute atomic E-state index is 6.12. The molecule has 0 bridgehead atoms. The molecule has 0 radical (unpaired) electrons. The van der Waals surface area contributed by atoms with E-state index in [4.69, 9.17) is 15.2 Å². The number of hydrogen-bond acceptors (Lipinski definition) is 4. The SMILES string of the molecule is COc1cccc(N2CCC(OC)CC2)c1[C@H](C)N. The lowest BCUT2D eigenvalue weighted by Gasteiger charge is -2.35. The molecule has 19 heavy (non-hydrogen) atoms. The number of nitrogens with two attached hydrogens (primary N) is 1. The van der Waals surface area contributed by atoms with Crippen molar-refractivity contribution in [2.24, 2.45) is 5.73 Å². The molecule has 0 aliphatic carbocycles. The first-order valence-corrected chi connectivity index (χ1v) is 6.87. The molecular weight excluding hydrogens is 240 g/mol. The zero-order chi connectivity index (χ0) is 13.8. The number of methoxy groups -OCH3 is 2. The summed E-state index contributed by atoms with van der Waals surface area (Å²) < 4.78 is 10.9. The highest BCUT2D eigenvalue weighted by Gasteiger charge is 2.23. The molecule has 0 spiro atoms. The van der Waals surface area contributed by atoms with Crippen LogP contribution in [-0.2, 0) is 4.74 Å². The van der Waals surface area contributed by atoms with Crippen molar-refractivity contribution in [2.75, 3.05) is 32.2 Å². The fraction of sp³-hybridized carbons (Fsp3) is 0.600. The van der Waals surface area contributed by atoms with E-state index in [-0.39, 0.29) is 6.04 Å². The minimum absolute atomic E-state index is 0.0358. The van der Waals surface area contributed by atoms with Gasteiger partial charge < -0.3 is 20.1 Å². The minimum Gasteiger partial charge on any atom is -0.496 e. The van der Waals surface area contributed by atoms with Gasteiger partial charge in [0.05, 0.1) is 13.2 Å². The largest absolute Gasteiger partial charge is 0.496 e. The van der Waals surface area contributed by atoms with E-state index in [0.29, 0.717) is 6.10 Å². The van der Waals surface area contributed by atoms with E-state index in [1.807, 2.05) is 19.1 Å². The second-order valence-corrected chi connectivity index (χ2v) is 5.10. The second kappa shape index (κ2) is 6.26. The average Bonchev–Trinajstić information content (AvgIpc) is 2.46.